The number of carbonyl (C=O) groups is 1. The Balaban J connectivity index is 1.41. The second-order valence-corrected chi connectivity index (χ2v) is 8.21. The van der Waals surface area contributed by atoms with Crippen LogP contribution in [0.25, 0.3) is 10.9 Å². The molecule has 0 radical (unpaired) electrons. The third-order valence-electron chi connectivity index (χ3n) is 5.59. The molecule has 0 atom stereocenters. The molecule has 2 aromatic carbocycles. The van der Waals surface area contributed by atoms with Gasteiger partial charge in [0.05, 0.1) is 6.54 Å². The Hall–Kier alpha value is -2.67. The minimum atomic E-state index is -0.509. The van der Waals surface area contributed by atoms with Crippen LogP contribution >= 0.6 is 11.8 Å². The lowest BCUT2D eigenvalue weighted by molar-refractivity contribution is 0.0856. The molecule has 2 heterocycles. The van der Waals surface area contributed by atoms with Gasteiger partial charge in [-0.25, -0.2) is 4.42 Å². The minimum absolute atomic E-state index is 0.0374. The molecule has 1 aromatic heterocycles. The van der Waals surface area contributed by atoms with Crippen molar-refractivity contribution in [2.75, 3.05) is 33.2 Å². The fraction of sp³-hybridized carbons (Fsp3) is 0.304. The summed E-state index contributed by atoms with van der Waals surface area (Å²) >= 11 is 6.25. The molecular weight excluding hydrogens is 400 g/mol. The Kier molecular flexibility index (Phi) is 6.18. The van der Waals surface area contributed by atoms with Gasteiger partial charge in [-0.15, -0.1) is 0 Å². The molecule has 156 valence electrons. The van der Waals surface area contributed by atoms with Crippen LogP contribution in [0.15, 0.2) is 59.5 Å². The number of hydrogen-bond acceptors (Lipinski definition) is 4. The number of carbonyl (C=O) groups excluding carboxylic acids is 1. The van der Waals surface area contributed by atoms with Crippen molar-refractivity contribution in [3.8, 4) is 0 Å². The van der Waals surface area contributed by atoms with Gasteiger partial charge in [0.1, 0.15) is 5.56 Å². The van der Waals surface area contributed by atoms with E-state index in [1.807, 2.05) is 18.2 Å². The van der Waals surface area contributed by atoms with Crippen LogP contribution < -0.4 is 5.43 Å². The molecule has 0 aliphatic carbocycles. The first kappa shape index (κ1) is 20.6. The number of piperazine rings is 1. The van der Waals surface area contributed by atoms with Crippen LogP contribution in [0.1, 0.15) is 21.5 Å². The maximum absolute atomic E-state index is 12.7. The highest BCUT2D eigenvalue weighted by atomic mass is 35.5. The number of likely N-dealkylation sites (N-methyl/N-ethyl adjacent to an activating group) is 1. The first-order valence-corrected chi connectivity index (χ1v) is 10.4. The number of benzene rings is 2. The largest absolute Gasteiger partial charge is 0.360 e. The van der Waals surface area contributed by atoms with Gasteiger partial charge in [-0.05, 0) is 30.3 Å². The quantitative estimate of drug-likeness (QED) is 0.639. The van der Waals surface area contributed by atoms with Crippen LogP contribution in [-0.2, 0) is 13.1 Å². The summed E-state index contributed by atoms with van der Waals surface area (Å²) in [5.74, 6) is -0.509. The third-order valence-corrected chi connectivity index (χ3v) is 5.86. The summed E-state index contributed by atoms with van der Waals surface area (Å²) in [6.45, 7) is 5.47. The molecule has 0 bridgehead atoms. The van der Waals surface area contributed by atoms with Crippen molar-refractivity contribution in [3.05, 3.63) is 81.6 Å². The average molecular weight is 425 g/mol. The number of hydrogen-bond donors (Lipinski definition) is 1. The SMILES string of the molecule is CN1CCN(Cc2ccc(CN(Cl)C(=O)c3c[nH]c4ccccc4c3=O)cc2)CC1. The first-order valence-electron chi connectivity index (χ1n) is 10.1. The number of pyridine rings is 1. The maximum atomic E-state index is 12.7. The van der Waals surface area contributed by atoms with E-state index in [1.54, 1.807) is 18.2 Å². The number of fused-ring (bicyclic) bond motifs is 1. The molecule has 7 heteroatoms. The zero-order valence-corrected chi connectivity index (χ0v) is 17.7. The number of aromatic nitrogens is 1. The van der Waals surface area contributed by atoms with E-state index in [4.69, 9.17) is 11.8 Å². The van der Waals surface area contributed by atoms with Crippen LogP contribution in [0.5, 0.6) is 0 Å². The molecule has 4 rings (SSSR count). The fourth-order valence-corrected chi connectivity index (χ4v) is 3.93. The summed E-state index contributed by atoms with van der Waals surface area (Å²) < 4.78 is 1.06. The standard InChI is InChI=1S/C23H25ClN4O2/c1-26-10-12-27(13-11-26)15-17-6-8-18(9-7-17)16-28(24)23(30)20-14-25-21-5-3-2-4-19(21)22(20)29/h2-9,14H,10-13,15-16H2,1H3,(H,25,29). The highest BCUT2D eigenvalue weighted by Gasteiger charge is 2.19. The molecule has 1 amide bonds. The van der Waals surface area contributed by atoms with Gasteiger partial charge in [0, 0.05) is 61.6 Å². The van der Waals surface area contributed by atoms with Gasteiger partial charge in [0.2, 0.25) is 5.43 Å². The van der Waals surface area contributed by atoms with E-state index < -0.39 is 5.91 Å². The van der Waals surface area contributed by atoms with Crippen molar-refractivity contribution < 1.29 is 4.79 Å². The summed E-state index contributed by atoms with van der Waals surface area (Å²) in [6.07, 6.45) is 1.43. The second kappa shape index (κ2) is 9.00. The van der Waals surface area contributed by atoms with Gasteiger partial charge in [-0.2, -0.15) is 0 Å². The number of nitrogens with zero attached hydrogens (tertiary/aromatic N) is 3. The van der Waals surface area contributed by atoms with Gasteiger partial charge in [-0.3, -0.25) is 14.5 Å². The fourth-order valence-electron chi connectivity index (χ4n) is 3.70. The van der Waals surface area contributed by atoms with Crippen molar-refractivity contribution >= 4 is 28.6 Å². The molecule has 0 saturated carbocycles. The van der Waals surface area contributed by atoms with Crippen molar-refractivity contribution in [1.29, 1.82) is 0 Å². The van der Waals surface area contributed by atoms with E-state index >= 15 is 0 Å². The van der Waals surface area contributed by atoms with Gasteiger partial charge in [0.15, 0.2) is 0 Å². The molecule has 1 aliphatic heterocycles. The number of H-pyrrole nitrogens is 1. The zero-order valence-electron chi connectivity index (χ0n) is 17.0. The highest BCUT2D eigenvalue weighted by molar-refractivity contribution is 6.24. The monoisotopic (exact) mass is 424 g/mol. The van der Waals surface area contributed by atoms with Crippen molar-refractivity contribution in [2.24, 2.45) is 0 Å². The lowest BCUT2D eigenvalue weighted by Gasteiger charge is -2.32. The van der Waals surface area contributed by atoms with E-state index in [-0.39, 0.29) is 17.5 Å². The average Bonchev–Trinajstić information content (AvgIpc) is 2.77. The molecule has 6 nitrogen and oxygen atoms in total. The predicted octanol–water partition coefficient (Wildman–Crippen LogP) is 3.07. The molecule has 1 aliphatic rings. The van der Waals surface area contributed by atoms with Gasteiger partial charge in [-0.1, -0.05) is 36.4 Å². The molecule has 1 fully saturated rings. The number of para-hydroxylation sites is 1. The lowest BCUT2D eigenvalue weighted by Crippen LogP contribution is -2.43. The molecule has 1 saturated heterocycles. The topological polar surface area (TPSA) is 59.6 Å². The van der Waals surface area contributed by atoms with Gasteiger partial charge < -0.3 is 9.88 Å². The summed E-state index contributed by atoms with van der Waals surface area (Å²) in [5, 5.41) is 0.474. The van der Waals surface area contributed by atoms with E-state index in [1.165, 1.54) is 11.8 Å². The molecular formula is C23H25ClN4O2. The summed E-state index contributed by atoms with van der Waals surface area (Å²) in [5.41, 5.74) is 2.56. The molecule has 3 aromatic rings. The smallest absolute Gasteiger partial charge is 0.274 e. The lowest BCUT2D eigenvalue weighted by atomic mass is 10.1. The second-order valence-electron chi connectivity index (χ2n) is 7.80. The molecule has 1 N–H and O–H groups in total. The van der Waals surface area contributed by atoms with Crippen LogP contribution in [0.4, 0.5) is 0 Å². The van der Waals surface area contributed by atoms with E-state index in [0.717, 1.165) is 42.7 Å². The number of amides is 1. The summed E-state index contributed by atoms with van der Waals surface area (Å²) in [7, 11) is 2.15. The van der Waals surface area contributed by atoms with Gasteiger partial charge >= 0.3 is 0 Å². The number of rotatable bonds is 5. The van der Waals surface area contributed by atoms with Gasteiger partial charge in [0.25, 0.3) is 5.91 Å². The number of aromatic amines is 1. The summed E-state index contributed by atoms with van der Waals surface area (Å²) in [4.78, 5) is 33.2. The van der Waals surface area contributed by atoms with Crippen molar-refractivity contribution in [3.63, 3.8) is 0 Å². The predicted molar refractivity (Wildman–Crippen MR) is 120 cm³/mol. The third kappa shape index (κ3) is 4.56. The Morgan fingerprint density at radius 2 is 1.70 bits per heavy atom. The number of halogens is 1. The molecule has 0 spiro atoms. The van der Waals surface area contributed by atoms with Crippen LogP contribution in [0.2, 0.25) is 0 Å². The maximum Gasteiger partial charge on any atom is 0.274 e. The van der Waals surface area contributed by atoms with Crippen molar-refractivity contribution in [2.45, 2.75) is 13.1 Å². The van der Waals surface area contributed by atoms with E-state index in [9.17, 15) is 9.59 Å². The minimum Gasteiger partial charge on any atom is -0.360 e. The normalized spacial score (nSPS) is 15.4. The molecule has 30 heavy (non-hydrogen) atoms. The van der Waals surface area contributed by atoms with E-state index in [2.05, 4.69) is 34.0 Å². The zero-order chi connectivity index (χ0) is 21.1. The first-order chi connectivity index (χ1) is 14.5. The Labute approximate surface area is 180 Å². The number of nitrogens with one attached hydrogen (secondary N) is 1. The van der Waals surface area contributed by atoms with Crippen LogP contribution in [0.3, 0.4) is 0 Å². The van der Waals surface area contributed by atoms with E-state index in [0.29, 0.717) is 10.9 Å². The highest BCUT2D eigenvalue weighted by Crippen LogP contribution is 2.15. The Morgan fingerprint density at radius 3 is 2.43 bits per heavy atom. The van der Waals surface area contributed by atoms with Crippen molar-refractivity contribution in [1.82, 2.24) is 19.2 Å². The Morgan fingerprint density at radius 1 is 1.03 bits per heavy atom. The van der Waals surface area contributed by atoms with Crippen LogP contribution in [0, 0.1) is 0 Å². The summed E-state index contributed by atoms with van der Waals surface area (Å²) in [6, 6.07) is 15.2. The molecule has 0 unspecified atom stereocenters. The van der Waals surface area contributed by atoms with Crippen LogP contribution in [-0.4, -0.2) is 58.3 Å². The Bertz CT molecular complexity index is 1090.